The van der Waals surface area contributed by atoms with Crippen LogP contribution in [0.5, 0.6) is 0 Å². The zero-order chi connectivity index (χ0) is 19.8. The molecule has 2 aromatic rings. The Kier molecular flexibility index (Phi) is 7.42. The molecular weight excluding hydrogens is 372 g/mol. The van der Waals surface area contributed by atoms with Crippen molar-refractivity contribution in [2.45, 2.75) is 64.3 Å². The Hall–Kier alpha value is -2.41. The van der Waals surface area contributed by atoms with E-state index >= 15 is 0 Å². The average Bonchev–Trinajstić information content (AvgIpc) is 3.33. The fourth-order valence-electron chi connectivity index (χ4n) is 3.34. The number of aryl methyl sites for hydroxylation is 1. The summed E-state index contributed by atoms with van der Waals surface area (Å²) in [5.41, 5.74) is 2.72. The number of hydrogen-bond donors (Lipinski definition) is 3. The van der Waals surface area contributed by atoms with Crippen molar-refractivity contribution < 1.29 is 9.59 Å². The highest BCUT2D eigenvalue weighted by Crippen LogP contribution is 2.19. The topological polar surface area (TPSA) is 83.1 Å². The molecule has 0 bridgehead atoms. The number of anilines is 2. The van der Waals surface area contributed by atoms with Crippen LogP contribution in [-0.2, 0) is 17.6 Å². The van der Waals surface area contributed by atoms with Crippen molar-refractivity contribution in [3.05, 3.63) is 40.9 Å². The third-order valence-corrected chi connectivity index (χ3v) is 5.67. The molecule has 3 rings (SSSR count). The van der Waals surface area contributed by atoms with Crippen LogP contribution in [0.15, 0.2) is 29.6 Å². The maximum Gasteiger partial charge on any atom is 0.321 e. The molecule has 3 N–H and O–H groups in total. The molecule has 0 radical (unpaired) electrons. The molecule has 1 aromatic heterocycles. The van der Waals surface area contributed by atoms with Crippen molar-refractivity contribution in [1.29, 1.82) is 0 Å². The largest absolute Gasteiger partial charge is 0.335 e. The second-order valence-electron chi connectivity index (χ2n) is 7.25. The second-order valence-corrected chi connectivity index (χ2v) is 8.11. The lowest BCUT2D eigenvalue weighted by Crippen LogP contribution is -2.36. The Morgan fingerprint density at radius 1 is 1.14 bits per heavy atom. The van der Waals surface area contributed by atoms with Gasteiger partial charge in [0, 0.05) is 17.1 Å². The molecule has 0 aliphatic heterocycles. The molecule has 1 aliphatic carbocycles. The van der Waals surface area contributed by atoms with Crippen LogP contribution < -0.4 is 16.0 Å². The van der Waals surface area contributed by atoms with Crippen molar-refractivity contribution >= 4 is 34.1 Å². The van der Waals surface area contributed by atoms with Crippen molar-refractivity contribution in [2.24, 2.45) is 0 Å². The van der Waals surface area contributed by atoms with Gasteiger partial charge < -0.3 is 10.6 Å². The summed E-state index contributed by atoms with van der Waals surface area (Å²) in [5, 5.41) is 10.9. The Balaban J connectivity index is 1.44. The molecule has 28 heavy (non-hydrogen) atoms. The Morgan fingerprint density at radius 2 is 1.89 bits per heavy atom. The third kappa shape index (κ3) is 6.34. The minimum Gasteiger partial charge on any atom is -0.335 e. The summed E-state index contributed by atoms with van der Waals surface area (Å²) >= 11 is 1.33. The van der Waals surface area contributed by atoms with Crippen molar-refractivity contribution in [3.8, 4) is 0 Å². The lowest BCUT2D eigenvalue weighted by Gasteiger charge is -2.11. The lowest BCUT2D eigenvalue weighted by molar-refractivity contribution is -0.115. The maximum absolute atomic E-state index is 12.3. The van der Waals surface area contributed by atoms with Gasteiger partial charge in [-0.1, -0.05) is 38.3 Å². The minimum atomic E-state index is -0.222. The van der Waals surface area contributed by atoms with E-state index in [0.717, 1.165) is 24.9 Å². The summed E-state index contributed by atoms with van der Waals surface area (Å²) in [4.78, 5) is 28.6. The highest BCUT2D eigenvalue weighted by molar-refractivity contribution is 7.13. The van der Waals surface area contributed by atoms with E-state index in [-0.39, 0.29) is 24.4 Å². The van der Waals surface area contributed by atoms with Crippen LogP contribution in [0, 0.1) is 0 Å². The zero-order valence-corrected chi connectivity index (χ0v) is 17.1. The van der Waals surface area contributed by atoms with Crippen LogP contribution in [0.1, 0.15) is 56.7 Å². The molecule has 3 amide bonds. The fraction of sp³-hybridized carbons (Fsp3) is 0.476. The number of rotatable bonds is 8. The molecule has 0 unspecified atom stereocenters. The van der Waals surface area contributed by atoms with E-state index in [1.165, 1.54) is 42.6 Å². The smallest absolute Gasteiger partial charge is 0.321 e. The molecule has 1 aromatic carbocycles. The van der Waals surface area contributed by atoms with Crippen molar-refractivity contribution in [2.75, 3.05) is 10.6 Å². The molecule has 1 aliphatic rings. The van der Waals surface area contributed by atoms with E-state index in [4.69, 9.17) is 0 Å². The maximum atomic E-state index is 12.3. The third-order valence-electron chi connectivity index (χ3n) is 4.86. The standard InChI is InChI=1S/C21H28N4O2S/c1-2-3-6-15-9-11-17(12-10-15)22-19(26)13-18-14-28-21(24-18)25-20(27)23-16-7-4-5-8-16/h9-12,14,16H,2-8,13H2,1H3,(H,22,26)(H2,23,24,25,27). The highest BCUT2D eigenvalue weighted by Gasteiger charge is 2.17. The molecule has 0 atom stereocenters. The summed E-state index contributed by atoms with van der Waals surface area (Å²) in [6.07, 6.45) is 8.00. The van der Waals surface area contributed by atoms with E-state index in [1.807, 2.05) is 12.1 Å². The second kappa shape index (κ2) is 10.2. The molecule has 1 fully saturated rings. The number of amides is 3. The highest BCUT2D eigenvalue weighted by atomic mass is 32.1. The SMILES string of the molecule is CCCCc1ccc(NC(=O)Cc2csc(NC(=O)NC3CCCC3)n2)cc1. The number of aromatic nitrogens is 1. The van der Waals surface area contributed by atoms with Gasteiger partial charge in [-0.25, -0.2) is 9.78 Å². The number of carbonyl (C=O) groups is 2. The first-order valence-electron chi connectivity index (χ1n) is 10.0. The number of thiazole rings is 1. The van der Waals surface area contributed by atoms with Gasteiger partial charge in [0.15, 0.2) is 5.13 Å². The van der Waals surface area contributed by atoms with Gasteiger partial charge in [0.05, 0.1) is 12.1 Å². The van der Waals surface area contributed by atoms with Gasteiger partial charge >= 0.3 is 6.03 Å². The summed E-state index contributed by atoms with van der Waals surface area (Å²) < 4.78 is 0. The Bertz CT molecular complexity index is 782. The number of benzene rings is 1. The summed E-state index contributed by atoms with van der Waals surface area (Å²) in [6, 6.07) is 8.02. The number of unbranched alkanes of at least 4 members (excludes halogenated alkanes) is 1. The molecule has 1 heterocycles. The van der Waals surface area contributed by atoms with E-state index in [1.54, 1.807) is 5.38 Å². The van der Waals surface area contributed by atoms with Crippen molar-refractivity contribution in [3.63, 3.8) is 0 Å². The van der Waals surface area contributed by atoms with Crippen molar-refractivity contribution in [1.82, 2.24) is 10.3 Å². The van der Waals surface area contributed by atoms with E-state index in [9.17, 15) is 9.59 Å². The van der Waals surface area contributed by atoms with Gasteiger partial charge in [-0.05, 0) is 43.4 Å². The average molecular weight is 401 g/mol. The van der Waals surface area contributed by atoms with Gasteiger partial charge in [-0.3, -0.25) is 10.1 Å². The zero-order valence-electron chi connectivity index (χ0n) is 16.3. The first-order chi connectivity index (χ1) is 13.6. The van der Waals surface area contributed by atoms with Crippen LogP contribution in [-0.4, -0.2) is 23.0 Å². The fourth-order valence-corrected chi connectivity index (χ4v) is 4.04. The number of hydrogen-bond acceptors (Lipinski definition) is 4. The van der Waals surface area contributed by atoms with Crippen LogP contribution >= 0.6 is 11.3 Å². The van der Waals surface area contributed by atoms with Gasteiger partial charge in [-0.2, -0.15) is 0 Å². The number of nitrogens with zero attached hydrogens (tertiary/aromatic N) is 1. The van der Waals surface area contributed by atoms with E-state index in [0.29, 0.717) is 10.8 Å². The van der Waals surface area contributed by atoms with Gasteiger partial charge in [0.2, 0.25) is 5.91 Å². The first kappa shape index (κ1) is 20.3. The van der Waals surface area contributed by atoms with Gasteiger partial charge in [0.25, 0.3) is 0 Å². The summed E-state index contributed by atoms with van der Waals surface area (Å²) in [5.74, 6) is -0.117. The molecule has 150 valence electrons. The molecule has 7 heteroatoms. The van der Waals surface area contributed by atoms with E-state index in [2.05, 4.69) is 40.0 Å². The summed E-state index contributed by atoms with van der Waals surface area (Å²) in [7, 11) is 0. The predicted molar refractivity (Wildman–Crippen MR) is 114 cm³/mol. The molecule has 0 saturated heterocycles. The minimum absolute atomic E-state index is 0.117. The predicted octanol–water partition coefficient (Wildman–Crippen LogP) is 4.73. The number of carbonyl (C=O) groups excluding carboxylic acids is 2. The van der Waals surface area contributed by atoms with E-state index < -0.39 is 0 Å². The van der Waals surface area contributed by atoms with Gasteiger partial charge in [-0.15, -0.1) is 11.3 Å². The molecular formula is C21H28N4O2S. The van der Waals surface area contributed by atoms with Crippen LogP contribution in [0.2, 0.25) is 0 Å². The number of nitrogens with one attached hydrogen (secondary N) is 3. The quantitative estimate of drug-likeness (QED) is 0.599. The lowest BCUT2D eigenvalue weighted by atomic mass is 10.1. The first-order valence-corrected chi connectivity index (χ1v) is 10.9. The normalized spacial score (nSPS) is 14.0. The van der Waals surface area contributed by atoms with Crippen LogP contribution in [0.4, 0.5) is 15.6 Å². The summed E-state index contributed by atoms with van der Waals surface area (Å²) in [6.45, 7) is 2.18. The molecule has 1 saturated carbocycles. The van der Waals surface area contributed by atoms with Crippen LogP contribution in [0.25, 0.3) is 0 Å². The monoisotopic (exact) mass is 400 g/mol. The molecule has 6 nitrogen and oxygen atoms in total. The van der Waals surface area contributed by atoms with Gasteiger partial charge in [0.1, 0.15) is 0 Å². The number of urea groups is 1. The Labute approximate surface area is 170 Å². The molecule has 0 spiro atoms. The van der Waals surface area contributed by atoms with Crippen LogP contribution in [0.3, 0.4) is 0 Å². The Morgan fingerprint density at radius 3 is 2.61 bits per heavy atom.